The van der Waals surface area contributed by atoms with Crippen molar-refractivity contribution < 1.29 is 41.4 Å². The monoisotopic (exact) mass is 656 g/mol. The number of ether oxygens (including phenoxy) is 3. The smallest absolute Gasteiger partial charge is 0.411 e. The fourth-order valence-electron chi connectivity index (χ4n) is 5.39. The van der Waals surface area contributed by atoms with Gasteiger partial charge in [-0.3, -0.25) is 14.9 Å². The summed E-state index contributed by atoms with van der Waals surface area (Å²) >= 11 is 0. The van der Waals surface area contributed by atoms with Crippen molar-refractivity contribution in [2.75, 3.05) is 38.5 Å². The summed E-state index contributed by atoms with van der Waals surface area (Å²) in [6.45, 7) is 3.40. The molecule has 0 unspecified atom stereocenters. The minimum atomic E-state index is -3.81. The van der Waals surface area contributed by atoms with Gasteiger partial charge in [-0.1, -0.05) is 6.07 Å². The number of rotatable bonds is 11. The highest BCUT2D eigenvalue weighted by Gasteiger charge is 2.38. The number of hydrogen-bond donors (Lipinski definition) is 3. The number of primary amides is 1. The van der Waals surface area contributed by atoms with Gasteiger partial charge < -0.3 is 30.2 Å². The Morgan fingerprint density at radius 2 is 1.67 bits per heavy atom. The van der Waals surface area contributed by atoms with Crippen molar-refractivity contribution in [2.45, 2.75) is 48.9 Å². The molecule has 4 rings (SSSR count). The van der Waals surface area contributed by atoms with E-state index in [1.165, 1.54) is 45.6 Å². The van der Waals surface area contributed by atoms with E-state index in [-0.39, 0.29) is 28.4 Å². The lowest BCUT2D eigenvalue weighted by Crippen LogP contribution is -2.38. The maximum atomic E-state index is 14.6. The minimum Gasteiger partial charge on any atom is -0.493 e. The first-order valence-electron chi connectivity index (χ1n) is 14.4. The van der Waals surface area contributed by atoms with Crippen LogP contribution in [0, 0.1) is 5.82 Å². The third-order valence-corrected chi connectivity index (χ3v) is 9.97. The summed E-state index contributed by atoms with van der Waals surface area (Å²) in [4.78, 5) is 40.0. The molecule has 1 heterocycles. The molecule has 46 heavy (non-hydrogen) atoms. The van der Waals surface area contributed by atoms with E-state index in [2.05, 4.69) is 10.6 Å². The molecule has 3 amide bonds. The number of benzene rings is 3. The van der Waals surface area contributed by atoms with E-state index in [4.69, 9.17) is 19.9 Å². The molecule has 14 heteroatoms. The number of amides is 3. The summed E-state index contributed by atoms with van der Waals surface area (Å²) in [5, 5.41) is 4.85. The molecule has 0 radical (unpaired) electrons. The molecule has 1 saturated heterocycles. The summed E-state index contributed by atoms with van der Waals surface area (Å²) in [7, 11) is 0.306. The van der Waals surface area contributed by atoms with E-state index in [0.29, 0.717) is 35.5 Å². The summed E-state index contributed by atoms with van der Waals surface area (Å²) in [6, 6.07) is 10.9. The number of hydrogen-bond acceptors (Lipinski definition) is 9. The van der Waals surface area contributed by atoms with Crippen molar-refractivity contribution in [3.63, 3.8) is 0 Å². The van der Waals surface area contributed by atoms with Gasteiger partial charge in [-0.2, -0.15) is 0 Å². The van der Waals surface area contributed by atoms with Crippen LogP contribution in [-0.2, 0) is 19.4 Å². The molecule has 1 aliphatic heterocycles. The Hall–Kier alpha value is -4.85. The molecule has 0 bridgehead atoms. The number of nitrogens with zero attached hydrogens (tertiary/aromatic N) is 1. The van der Waals surface area contributed by atoms with Crippen LogP contribution < -0.4 is 25.8 Å². The standard InChI is InChI=1S/C32H37FN4O8S/c1-18(2)46(41,42)28-11-9-22(36-32(40)45-5)17-24(28)25-7-6-12-37(25)31(39)29(19-8-10-26(43-3)27(15-19)44-4)35-23-14-20(30(34)38)13-21(33)16-23/h8-11,13-18,25,29,35H,6-7,12H2,1-5H3,(H2,34,38)(H,36,40)/t25-,29-/m1/s1. The van der Waals surface area contributed by atoms with Crippen LogP contribution in [0.25, 0.3) is 0 Å². The number of carbonyl (C=O) groups is 3. The maximum absolute atomic E-state index is 14.6. The molecular weight excluding hydrogens is 619 g/mol. The second-order valence-electron chi connectivity index (χ2n) is 10.9. The zero-order chi connectivity index (χ0) is 33.8. The number of methoxy groups -OCH3 is 3. The van der Waals surface area contributed by atoms with E-state index in [9.17, 15) is 27.2 Å². The van der Waals surface area contributed by atoms with Crippen LogP contribution in [0.3, 0.4) is 0 Å². The molecular formula is C32H37FN4O8S. The predicted octanol–water partition coefficient (Wildman–Crippen LogP) is 4.82. The van der Waals surface area contributed by atoms with Crippen molar-refractivity contribution in [1.29, 1.82) is 0 Å². The van der Waals surface area contributed by atoms with Gasteiger partial charge in [0, 0.05) is 23.5 Å². The average molecular weight is 657 g/mol. The summed E-state index contributed by atoms with van der Waals surface area (Å²) in [6.07, 6.45) is 0.239. The first kappa shape index (κ1) is 34.0. The topological polar surface area (TPSA) is 166 Å². The third-order valence-electron chi connectivity index (χ3n) is 7.74. The second kappa shape index (κ2) is 14.1. The molecule has 3 aromatic rings. The summed E-state index contributed by atoms with van der Waals surface area (Å²) in [5.74, 6) is -1.30. The van der Waals surface area contributed by atoms with Crippen molar-refractivity contribution >= 4 is 39.1 Å². The molecule has 0 aliphatic carbocycles. The van der Waals surface area contributed by atoms with Crippen LogP contribution in [0.5, 0.6) is 11.5 Å². The Morgan fingerprint density at radius 3 is 2.30 bits per heavy atom. The van der Waals surface area contributed by atoms with Gasteiger partial charge in [-0.15, -0.1) is 0 Å². The largest absolute Gasteiger partial charge is 0.493 e. The van der Waals surface area contributed by atoms with Gasteiger partial charge in [-0.05, 0) is 86.3 Å². The highest BCUT2D eigenvalue weighted by atomic mass is 32.2. The van der Waals surface area contributed by atoms with E-state index in [1.807, 2.05) is 0 Å². The van der Waals surface area contributed by atoms with E-state index in [0.717, 1.165) is 12.1 Å². The summed E-state index contributed by atoms with van der Waals surface area (Å²) in [5.41, 5.74) is 6.47. The molecule has 12 nitrogen and oxygen atoms in total. The third kappa shape index (κ3) is 7.17. The second-order valence-corrected chi connectivity index (χ2v) is 13.4. The Balaban J connectivity index is 1.84. The lowest BCUT2D eigenvalue weighted by Gasteiger charge is -2.32. The van der Waals surface area contributed by atoms with Gasteiger partial charge >= 0.3 is 6.09 Å². The Morgan fingerprint density at radius 1 is 0.957 bits per heavy atom. The summed E-state index contributed by atoms with van der Waals surface area (Å²) < 4.78 is 57.1. The van der Waals surface area contributed by atoms with E-state index in [1.54, 1.807) is 36.9 Å². The molecule has 1 aliphatic rings. The highest BCUT2D eigenvalue weighted by molar-refractivity contribution is 7.92. The molecule has 4 N–H and O–H groups in total. The minimum absolute atomic E-state index is 0.0365. The molecule has 1 fully saturated rings. The number of carbonyl (C=O) groups excluding carboxylic acids is 3. The Bertz CT molecular complexity index is 1750. The van der Waals surface area contributed by atoms with Crippen molar-refractivity contribution in [3.05, 3.63) is 77.1 Å². The first-order chi connectivity index (χ1) is 21.8. The van der Waals surface area contributed by atoms with Gasteiger partial charge in [0.25, 0.3) is 0 Å². The number of halogens is 1. The van der Waals surface area contributed by atoms with Gasteiger partial charge in [0.1, 0.15) is 11.9 Å². The lowest BCUT2D eigenvalue weighted by atomic mass is 10.0. The van der Waals surface area contributed by atoms with E-state index < -0.39 is 50.9 Å². The van der Waals surface area contributed by atoms with Gasteiger partial charge in [-0.25, -0.2) is 17.6 Å². The number of likely N-dealkylation sites (tertiary alicyclic amines) is 1. The molecule has 246 valence electrons. The Kier molecular flexibility index (Phi) is 10.4. The van der Waals surface area contributed by atoms with Gasteiger partial charge in [0.15, 0.2) is 21.3 Å². The normalized spacial score (nSPS) is 15.3. The molecule has 0 saturated carbocycles. The lowest BCUT2D eigenvalue weighted by molar-refractivity contribution is -0.133. The molecule has 3 aromatic carbocycles. The fraction of sp³-hybridized carbons (Fsp3) is 0.344. The van der Waals surface area contributed by atoms with Crippen molar-refractivity contribution in [2.24, 2.45) is 5.73 Å². The number of sulfone groups is 1. The Labute approximate surface area is 266 Å². The molecule has 2 atom stereocenters. The van der Waals surface area contributed by atoms with Crippen LogP contribution in [0.1, 0.15) is 60.3 Å². The SMILES string of the molecule is COC(=O)Nc1ccc(S(=O)(=O)C(C)C)c([C@H]2CCCN2C(=O)[C@H](Nc2cc(F)cc(C(N)=O)c2)c2ccc(OC)c(OC)c2)c1. The van der Waals surface area contributed by atoms with E-state index >= 15 is 0 Å². The fourth-order valence-corrected chi connectivity index (χ4v) is 6.68. The average Bonchev–Trinajstić information content (AvgIpc) is 3.52. The number of anilines is 2. The first-order valence-corrected chi connectivity index (χ1v) is 16.0. The van der Waals surface area contributed by atoms with Crippen LogP contribution in [-0.4, -0.2) is 64.3 Å². The van der Waals surface area contributed by atoms with Gasteiger partial charge in [0.2, 0.25) is 11.8 Å². The zero-order valence-electron chi connectivity index (χ0n) is 26.1. The number of nitrogens with two attached hydrogens (primary N) is 1. The van der Waals surface area contributed by atoms with Gasteiger partial charge in [0.05, 0.1) is 37.5 Å². The quantitative estimate of drug-likeness (QED) is 0.262. The van der Waals surface area contributed by atoms with Crippen LogP contribution in [0.4, 0.5) is 20.6 Å². The van der Waals surface area contributed by atoms with Crippen molar-refractivity contribution in [3.8, 4) is 11.5 Å². The van der Waals surface area contributed by atoms with Crippen molar-refractivity contribution in [1.82, 2.24) is 4.90 Å². The van der Waals surface area contributed by atoms with Crippen LogP contribution in [0.2, 0.25) is 0 Å². The molecule has 0 spiro atoms. The number of nitrogens with one attached hydrogen (secondary N) is 2. The van der Waals surface area contributed by atoms with Crippen LogP contribution >= 0.6 is 0 Å². The highest BCUT2D eigenvalue weighted by Crippen LogP contribution is 2.41. The predicted molar refractivity (Wildman–Crippen MR) is 169 cm³/mol. The molecule has 0 aromatic heterocycles. The zero-order valence-corrected chi connectivity index (χ0v) is 26.9. The van der Waals surface area contributed by atoms with Crippen LogP contribution in [0.15, 0.2) is 59.5 Å². The maximum Gasteiger partial charge on any atom is 0.411 e.